The van der Waals surface area contributed by atoms with E-state index in [0.717, 1.165) is 31.4 Å². The van der Waals surface area contributed by atoms with Gasteiger partial charge in [-0.3, -0.25) is 4.79 Å². The van der Waals surface area contributed by atoms with Gasteiger partial charge in [0.25, 0.3) is 5.89 Å². The topological polar surface area (TPSA) is 84.2 Å². The normalized spacial score (nSPS) is 16.6. The van der Waals surface area contributed by atoms with Gasteiger partial charge in [-0.05, 0) is 44.4 Å². The summed E-state index contributed by atoms with van der Waals surface area (Å²) in [7, 11) is 0. The molecule has 30 heavy (non-hydrogen) atoms. The summed E-state index contributed by atoms with van der Waals surface area (Å²) in [4.78, 5) is 23.2. The number of anilines is 2. The highest BCUT2D eigenvalue weighted by Crippen LogP contribution is 2.30. The first kappa shape index (κ1) is 20.5. The lowest BCUT2D eigenvalue weighted by molar-refractivity contribution is -0.120. The molecule has 2 aromatic heterocycles. The number of carbonyl (C=O) groups is 1. The molecule has 1 amide bonds. The Morgan fingerprint density at radius 2 is 2.27 bits per heavy atom. The van der Waals surface area contributed by atoms with Crippen LogP contribution in [0.3, 0.4) is 0 Å². The van der Waals surface area contributed by atoms with Gasteiger partial charge in [0.1, 0.15) is 5.82 Å². The minimum Gasteiger partial charge on any atom is -0.368 e. The van der Waals surface area contributed by atoms with Gasteiger partial charge in [0.05, 0.1) is 17.3 Å². The van der Waals surface area contributed by atoms with Crippen molar-refractivity contribution in [2.45, 2.75) is 39.5 Å². The number of rotatable bonds is 6. The quantitative estimate of drug-likeness (QED) is 0.623. The molecule has 1 aliphatic heterocycles. The van der Waals surface area contributed by atoms with Crippen LogP contribution >= 0.6 is 11.3 Å². The maximum Gasteiger partial charge on any atom is 0.258 e. The third-order valence-electron chi connectivity index (χ3n) is 5.12. The third kappa shape index (κ3) is 4.51. The number of nitrogens with zero attached hydrogens (tertiary/aromatic N) is 4. The summed E-state index contributed by atoms with van der Waals surface area (Å²) in [6, 6.07) is 4.92. The van der Waals surface area contributed by atoms with Gasteiger partial charge < -0.3 is 14.7 Å². The van der Waals surface area contributed by atoms with E-state index in [9.17, 15) is 9.18 Å². The van der Waals surface area contributed by atoms with Gasteiger partial charge in [-0.2, -0.15) is 4.98 Å². The molecule has 0 radical (unpaired) electrons. The van der Waals surface area contributed by atoms with Crippen molar-refractivity contribution in [3.05, 3.63) is 40.9 Å². The Balaban J connectivity index is 1.45. The van der Waals surface area contributed by atoms with Crippen LogP contribution in [-0.4, -0.2) is 34.1 Å². The summed E-state index contributed by atoms with van der Waals surface area (Å²) in [6.07, 6.45) is 3.23. The lowest BCUT2D eigenvalue weighted by atomic mass is 9.96. The van der Waals surface area contributed by atoms with Crippen LogP contribution in [0, 0.1) is 18.7 Å². The highest BCUT2D eigenvalue weighted by atomic mass is 32.1. The Kier molecular flexibility index (Phi) is 6.08. The van der Waals surface area contributed by atoms with E-state index in [1.165, 1.54) is 17.4 Å². The average Bonchev–Trinajstić information content (AvgIpc) is 3.37. The number of benzene rings is 1. The number of nitrogens with one attached hydrogen (secondary N) is 1. The van der Waals surface area contributed by atoms with E-state index in [1.54, 1.807) is 12.1 Å². The molecule has 0 bridgehead atoms. The zero-order chi connectivity index (χ0) is 21.1. The molecular formula is C21H24FN5O2S. The molecule has 4 rings (SSSR count). The predicted molar refractivity (Wildman–Crippen MR) is 114 cm³/mol. The molecule has 0 aliphatic carbocycles. The predicted octanol–water partition coefficient (Wildman–Crippen LogP) is 4.45. The molecule has 1 saturated heterocycles. The number of aryl methyl sites for hydroxylation is 2. The second kappa shape index (κ2) is 8.91. The summed E-state index contributed by atoms with van der Waals surface area (Å²) in [5.41, 5.74) is 1.91. The Morgan fingerprint density at radius 3 is 3.00 bits per heavy atom. The zero-order valence-corrected chi connectivity index (χ0v) is 17.8. The van der Waals surface area contributed by atoms with E-state index in [0.29, 0.717) is 41.2 Å². The molecule has 0 saturated carbocycles. The Hall–Kier alpha value is -2.81. The summed E-state index contributed by atoms with van der Waals surface area (Å²) in [6.45, 7) is 5.10. The SMILES string of the molecule is CCCc1noc(-c2ccc(N3CCCC(C(=O)Nc4nc(C)cs4)C3)c(F)c2)n1. The second-order valence-corrected chi connectivity index (χ2v) is 8.36. The van der Waals surface area contributed by atoms with E-state index in [2.05, 4.69) is 20.4 Å². The van der Waals surface area contributed by atoms with Gasteiger partial charge in [-0.1, -0.05) is 12.1 Å². The highest BCUT2D eigenvalue weighted by Gasteiger charge is 2.28. The maximum absolute atomic E-state index is 14.9. The van der Waals surface area contributed by atoms with Crippen LogP contribution in [0.25, 0.3) is 11.5 Å². The molecule has 3 heterocycles. The molecule has 1 aliphatic rings. The van der Waals surface area contributed by atoms with Crippen molar-refractivity contribution in [2.75, 3.05) is 23.3 Å². The second-order valence-electron chi connectivity index (χ2n) is 7.50. The number of halogens is 1. The monoisotopic (exact) mass is 429 g/mol. The molecule has 9 heteroatoms. The van der Waals surface area contributed by atoms with Crippen molar-refractivity contribution in [3.8, 4) is 11.5 Å². The molecule has 1 fully saturated rings. The van der Waals surface area contributed by atoms with Gasteiger partial charge in [0.2, 0.25) is 5.91 Å². The third-order valence-corrected chi connectivity index (χ3v) is 5.99. The molecule has 1 N–H and O–H groups in total. The number of aromatic nitrogens is 3. The molecule has 1 aromatic carbocycles. The van der Waals surface area contributed by atoms with Crippen molar-refractivity contribution in [1.29, 1.82) is 0 Å². The van der Waals surface area contributed by atoms with Crippen molar-refractivity contribution >= 4 is 28.1 Å². The van der Waals surface area contributed by atoms with Gasteiger partial charge in [-0.25, -0.2) is 9.37 Å². The van der Waals surface area contributed by atoms with Crippen LogP contribution in [0.15, 0.2) is 28.1 Å². The number of hydrogen-bond acceptors (Lipinski definition) is 7. The van der Waals surface area contributed by atoms with Gasteiger partial charge in [-0.15, -0.1) is 11.3 Å². The fourth-order valence-corrected chi connectivity index (χ4v) is 4.31. The lowest BCUT2D eigenvalue weighted by Crippen LogP contribution is -2.41. The molecule has 1 unspecified atom stereocenters. The van der Waals surface area contributed by atoms with Crippen LogP contribution in [0.5, 0.6) is 0 Å². The average molecular weight is 430 g/mol. The molecule has 7 nitrogen and oxygen atoms in total. The van der Waals surface area contributed by atoms with E-state index in [1.807, 2.05) is 24.1 Å². The maximum atomic E-state index is 14.9. The van der Waals surface area contributed by atoms with E-state index >= 15 is 0 Å². The zero-order valence-electron chi connectivity index (χ0n) is 17.0. The smallest absolute Gasteiger partial charge is 0.258 e. The van der Waals surface area contributed by atoms with Crippen LogP contribution < -0.4 is 10.2 Å². The number of amides is 1. The first-order valence-corrected chi connectivity index (χ1v) is 11.0. The Labute approximate surface area is 178 Å². The number of hydrogen-bond donors (Lipinski definition) is 1. The summed E-state index contributed by atoms with van der Waals surface area (Å²) < 4.78 is 20.2. The van der Waals surface area contributed by atoms with E-state index < -0.39 is 0 Å². The van der Waals surface area contributed by atoms with Crippen LogP contribution in [-0.2, 0) is 11.2 Å². The van der Waals surface area contributed by atoms with E-state index in [-0.39, 0.29) is 17.6 Å². The molecule has 3 aromatic rings. The summed E-state index contributed by atoms with van der Waals surface area (Å²) in [5, 5.41) is 9.31. The van der Waals surface area contributed by atoms with Gasteiger partial charge in [0.15, 0.2) is 11.0 Å². The Morgan fingerprint density at radius 1 is 1.40 bits per heavy atom. The minimum absolute atomic E-state index is 0.0691. The van der Waals surface area contributed by atoms with Crippen LogP contribution in [0.2, 0.25) is 0 Å². The van der Waals surface area contributed by atoms with Gasteiger partial charge in [0, 0.05) is 30.5 Å². The fraction of sp³-hybridized carbons (Fsp3) is 0.429. The molecule has 158 valence electrons. The standard InChI is InChI=1S/C21H24FN5O2S/c1-3-5-18-24-20(29-26-18)14-7-8-17(16(22)10-14)27-9-4-6-15(11-27)19(28)25-21-23-13(2)12-30-21/h7-8,10,12,15H,3-6,9,11H2,1-2H3,(H,23,25,28). The molecule has 1 atom stereocenters. The number of thiazole rings is 1. The Bertz CT molecular complexity index is 1030. The number of piperidine rings is 1. The molecular weight excluding hydrogens is 405 g/mol. The summed E-state index contributed by atoms with van der Waals surface area (Å²) >= 11 is 1.41. The van der Waals surface area contributed by atoms with Crippen LogP contribution in [0.4, 0.5) is 15.2 Å². The lowest BCUT2D eigenvalue weighted by Gasteiger charge is -2.33. The minimum atomic E-state index is -0.362. The van der Waals surface area contributed by atoms with Gasteiger partial charge >= 0.3 is 0 Å². The van der Waals surface area contributed by atoms with Crippen molar-refractivity contribution in [3.63, 3.8) is 0 Å². The van der Waals surface area contributed by atoms with Crippen molar-refractivity contribution in [1.82, 2.24) is 15.1 Å². The van der Waals surface area contributed by atoms with E-state index in [4.69, 9.17) is 4.52 Å². The fourth-order valence-electron chi connectivity index (χ4n) is 3.62. The molecule has 0 spiro atoms. The van der Waals surface area contributed by atoms with Crippen LogP contribution in [0.1, 0.15) is 37.7 Å². The summed E-state index contributed by atoms with van der Waals surface area (Å²) in [5.74, 6) is 0.296. The first-order chi connectivity index (χ1) is 14.5. The number of carbonyl (C=O) groups excluding carboxylic acids is 1. The van der Waals surface area contributed by atoms with Crippen molar-refractivity contribution in [2.24, 2.45) is 5.92 Å². The highest BCUT2D eigenvalue weighted by molar-refractivity contribution is 7.13. The largest absolute Gasteiger partial charge is 0.368 e. The van der Waals surface area contributed by atoms with Crippen molar-refractivity contribution < 1.29 is 13.7 Å². The first-order valence-electron chi connectivity index (χ1n) is 10.1.